The van der Waals surface area contributed by atoms with E-state index in [0.29, 0.717) is 13.2 Å². The fraction of sp³-hybridized carbons (Fsp3) is 0.353. The van der Waals surface area contributed by atoms with Gasteiger partial charge in [-0.2, -0.15) is 0 Å². The molecule has 0 spiro atoms. The molecule has 2 aromatic carbocycles. The van der Waals surface area contributed by atoms with Crippen LogP contribution in [-0.2, 0) is 11.2 Å². The molecule has 0 saturated heterocycles. The van der Waals surface area contributed by atoms with Crippen LogP contribution in [0.4, 0.5) is 10.5 Å². The summed E-state index contributed by atoms with van der Waals surface area (Å²) in [5.74, 6) is 0. The van der Waals surface area contributed by atoms with Gasteiger partial charge in [-0.3, -0.25) is 0 Å². The van der Waals surface area contributed by atoms with Crippen molar-refractivity contribution in [3.8, 4) is 0 Å². The lowest BCUT2D eigenvalue weighted by Crippen LogP contribution is -2.38. The molecule has 0 radical (unpaired) electrons. The fourth-order valence-electron chi connectivity index (χ4n) is 2.89. The van der Waals surface area contributed by atoms with Crippen molar-refractivity contribution in [2.24, 2.45) is 0 Å². The second-order valence-electron chi connectivity index (χ2n) is 5.29. The quantitative estimate of drug-likeness (QED) is 0.909. The molecule has 2 aromatic rings. The number of rotatable bonds is 3. The zero-order valence-corrected chi connectivity index (χ0v) is 12.2. The number of hydrogen-bond donors (Lipinski definition) is 2. The molecular weight excluding hydrogens is 264 g/mol. The predicted octanol–water partition coefficient (Wildman–Crippen LogP) is 3.31. The summed E-state index contributed by atoms with van der Waals surface area (Å²) in [7, 11) is 0. The van der Waals surface area contributed by atoms with Crippen molar-refractivity contribution in [2.45, 2.75) is 25.8 Å². The van der Waals surface area contributed by atoms with Crippen LogP contribution in [0, 0.1) is 0 Å². The lowest BCUT2D eigenvalue weighted by molar-refractivity contribution is 0.151. The normalized spacial score (nSPS) is 16.9. The monoisotopic (exact) mass is 284 g/mol. The van der Waals surface area contributed by atoms with Crippen LogP contribution < -0.4 is 10.6 Å². The molecule has 0 saturated carbocycles. The molecule has 4 heteroatoms. The van der Waals surface area contributed by atoms with E-state index in [4.69, 9.17) is 4.74 Å². The minimum atomic E-state index is -0.344. The molecule has 1 aliphatic heterocycles. The highest BCUT2D eigenvalue weighted by atomic mass is 16.5. The van der Waals surface area contributed by atoms with Gasteiger partial charge in [-0.15, -0.1) is 0 Å². The Hall–Kier alpha value is -2.23. The first-order valence-corrected chi connectivity index (χ1v) is 7.45. The summed E-state index contributed by atoms with van der Waals surface area (Å²) in [6, 6.07) is 13.0. The number of amides is 1. The molecule has 110 valence electrons. The number of ether oxygens (including phenoxy) is 1. The smallest absolute Gasteiger partial charge is 0.407 e. The van der Waals surface area contributed by atoms with Crippen molar-refractivity contribution in [3.05, 3.63) is 42.0 Å². The Labute approximate surface area is 124 Å². The average molecular weight is 284 g/mol. The summed E-state index contributed by atoms with van der Waals surface area (Å²) >= 11 is 0. The largest absolute Gasteiger partial charge is 0.450 e. The van der Waals surface area contributed by atoms with Crippen LogP contribution in [0.2, 0.25) is 0 Å². The van der Waals surface area contributed by atoms with E-state index in [2.05, 4.69) is 47.0 Å². The molecular formula is C17H20N2O2. The summed E-state index contributed by atoms with van der Waals surface area (Å²) in [6.07, 6.45) is 1.69. The molecule has 21 heavy (non-hydrogen) atoms. The molecule has 0 bridgehead atoms. The number of hydrogen-bond acceptors (Lipinski definition) is 3. The Morgan fingerprint density at radius 2 is 2.19 bits per heavy atom. The van der Waals surface area contributed by atoms with E-state index < -0.39 is 0 Å². The first kappa shape index (κ1) is 13.7. The minimum Gasteiger partial charge on any atom is -0.450 e. The van der Waals surface area contributed by atoms with E-state index in [9.17, 15) is 4.79 Å². The molecule has 1 unspecified atom stereocenters. The molecule has 0 aromatic heterocycles. The number of carbonyl (C=O) groups is 1. The number of fused-ring (bicyclic) bond motifs is 3. The third-order valence-corrected chi connectivity index (χ3v) is 3.91. The number of carbonyl (C=O) groups excluding carboxylic acids is 1. The van der Waals surface area contributed by atoms with E-state index in [0.717, 1.165) is 12.8 Å². The Kier molecular flexibility index (Phi) is 3.95. The molecule has 0 aliphatic carbocycles. The van der Waals surface area contributed by atoms with Crippen LogP contribution >= 0.6 is 0 Å². The number of nitrogens with one attached hydrogen (secondary N) is 2. The van der Waals surface area contributed by atoms with Gasteiger partial charge in [0.25, 0.3) is 0 Å². The van der Waals surface area contributed by atoms with E-state index in [-0.39, 0.29) is 12.1 Å². The van der Waals surface area contributed by atoms with Gasteiger partial charge in [0.05, 0.1) is 6.61 Å². The van der Waals surface area contributed by atoms with Crippen molar-refractivity contribution in [1.29, 1.82) is 0 Å². The maximum Gasteiger partial charge on any atom is 0.407 e. The van der Waals surface area contributed by atoms with Gasteiger partial charge in [-0.1, -0.05) is 30.3 Å². The maximum atomic E-state index is 11.3. The third-order valence-electron chi connectivity index (χ3n) is 3.91. The molecule has 0 fully saturated rings. The predicted molar refractivity (Wildman–Crippen MR) is 84.7 cm³/mol. The van der Waals surface area contributed by atoms with Gasteiger partial charge >= 0.3 is 6.09 Å². The number of benzene rings is 2. The average Bonchev–Trinajstić information content (AvgIpc) is 2.53. The van der Waals surface area contributed by atoms with Gasteiger partial charge in [0, 0.05) is 18.3 Å². The third kappa shape index (κ3) is 2.94. The molecule has 4 nitrogen and oxygen atoms in total. The molecule has 1 heterocycles. The lowest BCUT2D eigenvalue weighted by Gasteiger charge is -2.28. The molecule has 3 rings (SSSR count). The van der Waals surface area contributed by atoms with E-state index in [1.54, 1.807) is 6.92 Å². The molecule has 1 amide bonds. The first-order valence-electron chi connectivity index (χ1n) is 7.45. The van der Waals surface area contributed by atoms with Gasteiger partial charge in [-0.05, 0) is 42.2 Å². The number of aryl methyl sites for hydroxylation is 1. The van der Waals surface area contributed by atoms with Crippen molar-refractivity contribution in [3.63, 3.8) is 0 Å². The SMILES string of the molecule is CCOC(=O)NCC1CCc2c(ccc3ccccc23)N1. The summed E-state index contributed by atoms with van der Waals surface area (Å²) in [4.78, 5) is 11.3. The summed E-state index contributed by atoms with van der Waals surface area (Å²) in [5.41, 5.74) is 2.55. The van der Waals surface area contributed by atoms with Crippen LogP contribution in [0.5, 0.6) is 0 Å². The topological polar surface area (TPSA) is 50.4 Å². The highest BCUT2D eigenvalue weighted by molar-refractivity contribution is 5.90. The fourth-order valence-corrected chi connectivity index (χ4v) is 2.89. The van der Waals surface area contributed by atoms with Crippen LogP contribution in [0.25, 0.3) is 10.8 Å². The second-order valence-corrected chi connectivity index (χ2v) is 5.29. The van der Waals surface area contributed by atoms with Crippen LogP contribution in [0.15, 0.2) is 36.4 Å². The Balaban J connectivity index is 1.71. The highest BCUT2D eigenvalue weighted by Crippen LogP contribution is 2.31. The number of alkyl carbamates (subject to hydrolysis) is 1. The zero-order chi connectivity index (χ0) is 14.7. The van der Waals surface area contributed by atoms with Gasteiger partial charge in [0.2, 0.25) is 0 Å². The minimum absolute atomic E-state index is 0.253. The lowest BCUT2D eigenvalue weighted by atomic mass is 9.93. The molecule has 1 aliphatic rings. The first-order chi connectivity index (χ1) is 10.3. The van der Waals surface area contributed by atoms with Crippen molar-refractivity contribution in [1.82, 2.24) is 5.32 Å². The number of anilines is 1. The second kappa shape index (κ2) is 6.04. The van der Waals surface area contributed by atoms with Gasteiger partial charge in [-0.25, -0.2) is 4.79 Å². The van der Waals surface area contributed by atoms with Gasteiger partial charge < -0.3 is 15.4 Å². The van der Waals surface area contributed by atoms with Crippen LogP contribution in [-0.4, -0.2) is 25.3 Å². The summed E-state index contributed by atoms with van der Waals surface area (Å²) < 4.78 is 4.88. The van der Waals surface area contributed by atoms with E-state index in [1.807, 2.05) is 0 Å². The highest BCUT2D eigenvalue weighted by Gasteiger charge is 2.19. The maximum absolute atomic E-state index is 11.3. The van der Waals surface area contributed by atoms with Crippen molar-refractivity contribution < 1.29 is 9.53 Å². The van der Waals surface area contributed by atoms with Crippen LogP contribution in [0.3, 0.4) is 0 Å². The Morgan fingerprint density at radius 1 is 1.33 bits per heavy atom. The van der Waals surface area contributed by atoms with Crippen molar-refractivity contribution in [2.75, 3.05) is 18.5 Å². The summed E-state index contributed by atoms with van der Waals surface area (Å²) in [5, 5.41) is 8.91. The molecule has 1 atom stereocenters. The molecule has 2 N–H and O–H groups in total. The van der Waals surface area contributed by atoms with Crippen molar-refractivity contribution >= 4 is 22.6 Å². The van der Waals surface area contributed by atoms with E-state index >= 15 is 0 Å². The standard InChI is InChI=1S/C17H20N2O2/c1-2-21-17(20)18-11-13-8-9-15-14-6-4-3-5-12(14)7-10-16(15)19-13/h3-7,10,13,19H,2,8-9,11H2,1H3,(H,18,20). The Bertz CT molecular complexity index is 654. The van der Waals surface area contributed by atoms with Crippen LogP contribution in [0.1, 0.15) is 18.9 Å². The van der Waals surface area contributed by atoms with Gasteiger partial charge in [0.15, 0.2) is 0 Å². The Morgan fingerprint density at radius 3 is 3.05 bits per heavy atom. The summed E-state index contributed by atoms with van der Waals surface area (Å²) in [6.45, 7) is 2.80. The van der Waals surface area contributed by atoms with Gasteiger partial charge in [0.1, 0.15) is 0 Å². The zero-order valence-electron chi connectivity index (χ0n) is 12.2. The van der Waals surface area contributed by atoms with E-state index in [1.165, 1.54) is 22.0 Å².